The molecule has 1 atom stereocenters. The van der Waals surface area contributed by atoms with E-state index in [-0.39, 0.29) is 24.3 Å². The first kappa shape index (κ1) is 13.9. The van der Waals surface area contributed by atoms with Crippen LogP contribution in [0.15, 0.2) is 0 Å². The third-order valence-electron chi connectivity index (χ3n) is 2.69. The number of carbonyl (C=O) groups is 2. The molecule has 1 amide bonds. The number of rotatable bonds is 7. The summed E-state index contributed by atoms with van der Waals surface area (Å²) in [6.07, 6.45) is 0.193. The second-order valence-corrected chi connectivity index (χ2v) is 4.58. The Morgan fingerprint density at radius 1 is 1.53 bits per heavy atom. The Bertz CT molecular complexity index is 277. The molecule has 1 saturated heterocycles. The van der Waals surface area contributed by atoms with Crippen molar-refractivity contribution in [2.24, 2.45) is 5.92 Å². The molecule has 1 heterocycles. The van der Waals surface area contributed by atoms with Crippen molar-refractivity contribution in [3.8, 4) is 0 Å². The van der Waals surface area contributed by atoms with E-state index < -0.39 is 5.97 Å². The Morgan fingerprint density at radius 2 is 2.18 bits per heavy atom. The van der Waals surface area contributed by atoms with Gasteiger partial charge in [-0.1, -0.05) is 0 Å². The average Bonchev–Trinajstić information content (AvgIpc) is 2.13. The molecule has 17 heavy (non-hydrogen) atoms. The lowest BCUT2D eigenvalue weighted by Crippen LogP contribution is -2.52. The molecule has 0 aromatic rings. The van der Waals surface area contributed by atoms with Crippen LogP contribution < -0.4 is 5.32 Å². The van der Waals surface area contributed by atoms with Crippen molar-refractivity contribution in [1.82, 2.24) is 10.2 Å². The zero-order chi connectivity index (χ0) is 12.8. The molecule has 6 nitrogen and oxygen atoms in total. The van der Waals surface area contributed by atoms with Crippen molar-refractivity contribution in [3.05, 3.63) is 0 Å². The van der Waals surface area contributed by atoms with Crippen LogP contribution >= 0.6 is 0 Å². The van der Waals surface area contributed by atoms with E-state index in [1.54, 1.807) is 7.11 Å². The number of ether oxygens (including phenoxy) is 1. The largest absolute Gasteiger partial charge is 0.481 e. The van der Waals surface area contributed by atoms with Crippen molar-refractivity contribution in [2.45, 2.75) is 19.4 Å². The molecular formula is C11H20N2O4. The summed E-state index contributed by atoms with van der Waals surface area (Å²) in [5.41, 5.74) is 0. The Kier molecular flexibility index (Phi) is 5.37. The van der Waals surface area contributed by atoms with Crippen molar-refractivity contribution in [1.29, 1.82) is 0 Å². The maximum Gasteiger partial charge on any atom is 0.303 e. The fourth-order valence-corrected chi connectivity index (χ4v) is 2.00. The summed E-state index contributed by atoms with van der Waals surface area (Å²) >= 11 is 0. The van der Waals surface area contributed by atoms with Gasteiger partial charge in [-0.05, 0) is 12.8 Å². The van der Waals surface area contributed by atoms with E-state index in [9.17, 15) is 9.59 Å². The molecule has 0 saturated carbocycles. The topological polar surface area (TPSA) is 78.9 Å². The highest BCUT2D eigenvalue weighted by Crippen LogP contribution is 2.18. The third kappa shape index (κ3) is 5.14. The Morgan fingerprint density at radius 3 is 2.71 bits per heavy atom. The summed E-state index contributed by atoms with van der Waals surface area (Å²) in [5.74, 6) is -0.618. The smallest absolute Gasteiger partial charge is 0.303 e. The quantitative estimate of drug-likeness (QED) is 0.634. The predicted molar refractivity (Wildman–Crippen MR) is 61.7 cm³/mol. The molecule has 2 N–H and O–H groups in total. The van der Waals surface area contributed by atoms with E-state index in [1.165, 1.54) is 0 Å². The van der Waals surface area contributed by atoms with Gasteiger partial charge in [-0.2, -0.15) is 0 Å². The van der Waals surface area contributed by atoms with E-state index in [0.717, 1.165) is 0 Å². The number of carboxylic acids is 1. The highest BCUT2D eigenvalue weighted by Gasteiger charge is 2.29. The van der Waals surface area contributed by atoms with Crippen molar-refractivity contribution in [3.63, 3.8) is 0 Å². The lowest BCUT2D eigenvalue weighted by molar-refractivity contribution is -0.139. The molecule has 6 heteroatoms. The number of hydrogen-bond donors (Lipinski definition) is 2. The summed E-state index contributed by atoms with van der Waals surface area (Å²) in [4.78, 5) is 23.9. The van der Waals surface area contributed by atoms with E-state index in [0.29, 0.717) is 26.2 Å². The second-order valence-electron chi connectivity index (χ2n) is 4.58. The van der Waals surface area contributed by atoms with Crippen molar-refractivity contribution >= 4 is 11.9 Å². The number of hydrogen-bond acceptors (Lipinski definition) is 4. The molecule has 1 unspecified atom stereocenters. The molecule has 98 valence electrons. The van der Waals surface area contributed by atoms with Crippen LogP contribution in [-0.4, -0.2) is 61.3 Å². The van der Waals surface area contributed by atoms with Crippen LogP contribution in [-0.2, 0) is 14.3 Å². The van der Waals surface area contributed by atoms with Gasteiger partial charge in [-0.15, -0.1) is 0 Å². The van der Waals surface area contributed by atoms with Gasteiger partial charge < -0.3 is 15.2 Å². The second kappa shape index (κ2) is 6.56. The van der Waals surface area contributed by atoms with Gasteiger partial charge in [0.1, 0.15) is 0 Å². The minimum absolute atomic E-state index is 0.00333. The maximum atomic E-state index is 11.5. The SMILES string of the molecule is COCC(C)NC(=O)CN1CC(CC(=O)O)C1. The Balaban J connectivity index is 2.11. The van der Waals surface area contributed by atoms with Gasteiger partial charge in [0.25, 0.3) is 0 Å². The van der Waals surface area contributed by atoms with E-state index in [1.807, 2.05) is 11.8 Å². The first-order chi connectivity index (χ1) is 8.01. The van der Waals surface area contributed by atoms with Gasteiger partial charge in [-0.25, -0.2) is 0 Å². The number of aliphatic carboxylic acids is 1. The first-order valence-electron chi connectivity index (χ1n) is 5.73. The lowest BCUT2D eigenvalue weighted by atomic mass is 9.96. The predicted octanol–water partition coefficient (Wildman–Crippen LogP) is -0.456. The van der Waals surface area contributed by atoms with Gasteiger partial charge >= 0.3 is 5.97 Å². The highest BCUT2D eigenvalue weighted by atomic mass is 16.5. The molecule has 0 spiro atoms. The van der Waals surface area contributed by atoms with E-state index in [2.05, 4.69) is 5.32 Å². The molecule has 0 aliphatic carbocycles. The van der Waals surface area contributed by atoms with Crippen molar-refractivity contribution in [2.75, 3.05) is 33.4 Å². The summed E-state index contributed by atoms with van der Waals surface area (Å²) in [7, 11) is 1.59. The summed E-state index contributed by atoms with van der Waals surface area (Å²) in [5, 5.41) is 11.4. The number of nitrogens with one attached hydrogen (secondary N) is 1. The molecule has 1 aliphatic rings. The van der Waals surface area contributed by atoms with Crippen LogP contribution in [0.4, 0.5) is 0 Å². The number of carboxylic acid groups (broad SMARTS) is 1. The highest BCUT2D eigenvalue weighted by molar-refractivity contribution is 5.78. The van der Waals surface area contributed by atoms with Gasteiger partial charge in [-0.3, -0.25) is 14.5 Å². The molecule has 1 aliphatic heterocycles. The van der Waals surface area contributed by atoms with Gasteiger partial charge in [0, 0.05) is 26.2 Å². The van der Waals surface area contributed by atoms with Crippen LogP contribution in [0, 0.1) is 5.92 Å². The number of carbonyl (C=O) groups excluding carboxylic acids is 1. The standard InChI is InChI=1S/C11H20N2O4/c1-8(7-17-2)12-10(14)6-13-4-9(5-13)3-11(15)16/h8-9H,3-7H2,1-2H3,(H,12,14)(H,15,16). The number of likely N-dealkylation sites (tertiary alicyclic amines) is 1. The fraction of sp³-hybridized carbons (Fsp3) is 0.818. The zero-order valence-corrected chi connectivity index (χ0v) is 10.3. The van der Waals surface area contributed by atoms with Crippen LogP contribution in [0.1, 0.15) is 13.3 Å². The van der Waals surface area contributed by atoms with Crippen LogP contribution in [0.2, 0.25) is 0 Å². The molecule has 0 bridgehead atoms. The first-order valence-corrected chi connectivity index (χ1v) is 5.73. The molecule has 0 aromatic carbocycles. The summed E-state index contributed by atoms with van der Waals surface area (Å²) in [6.45, 7) is 4.10. The Labute approximate surface area is 101 Å². The minimum atomic E-state index is -0.771. The van der Waals surface area contributed by atoms with E-state index >= 15 is 0 Å². The van der Waals surface area contributed by atoms with Gasteiger partial charge in [0.2, 0.25) is 5.91 Å². The molecule has 0 radical (unpaired) electrons. The zero-order valence-electron chi connectivity index (χ0n) is 10.3. The fourth-order valence-electron chi connectivity index (χ4n) is 2.00. The normalized spacial score (nSPS) is 18.5. The van der Waals surface area contributed by atoms with Crippen LogP contribution in [0.3, 0.4) is 0 Å². The number of methoxy groups -OCH3 is 1. The van der Waals surface area contributed by atoms with E-state index in [4.69, 9.17) is 9.84 Å². The van der Waals surface area contributed by atoms with Crippen LogP contribution in [0.25, 0.3) is 0 Å². The molecule has 0 aromatic heterocycles. The maximum absolute atomic E-state index is 11.5. The molecule has 1 rings (SSSR count). The van der Waals surface area contributed by atoms with Gasteiger partial charge in [0.05, 0.1) is 19.6 Å². The van der Waals surface area contributed by atoms with Gasteiger partial charge in [0.15, 0.2) is 0 Å². The molecule has 1 fully saturated rings. The number of amides is 1. The Hall–Kier alpha value is -1.14. The van der Waals surface area contributed by atoms with Crippen LogP contribution in [0.5, 0.6) is 0 Å². The molecular weight excluding hydrogens is 224 g/mol. The number of nitrogens with zero attached hydrogens (tertiary/aromatic N) is 1. The average molecular weight is 244 g/mol. The minimum Gasteiger partial charge on any atom is -0.481 e. The van der Waals surface area contributed by atoms with Crippen molar-refractivity contribution < 1.29 is 19.4 Å². The lowest BCUT2D eigenvalue weighted by Gasteiger charge is -2.38. The summed E-state index contributed by atoms with van der Waals surface area (Å²) in [6, 6.07) is 0.00333. The summed E-state index contributed by atoms with van der Waals surface area (Å²) < 4.78 is 4.92. The third-order valence-corrected chi connectivity index (χ3v) is 2.69. The monoisotopic (exact) mass is 244 g/mol.